The Morgan fingerprint density at radius 1 is 1.10 bits per heavy atom. The number of aryl methyl sites for hydroxylation is 2. The Bertz CT molecular complexity index is 731. The Morgan fingerprint density at radius 3 is 2.60 bits per heavy atom. The number of aromatic nitrogens is 2. The maximum absolute atomic E-state index is 6.04. The van der Waals surface area contributed by atoms with E-state index in [1.54, 1.807) is 6.20 Å². The Kier molecular flexibility index (Phi) is 3.18. The molecule has 0 aliphatic rings. The summed E-state index contributed by atoms with van der Waals surface area (Å²) in [5, 5.41) is 1.17. The summed E-state index contributed by atoms with van der Waals surface area (Å²) >= 11 is 0. The van der Waals surface area contributed by atoms with Crippen LogP contribution in [0.25, 0.3) is 10.9 Å². The molecule has 0 bridgehead atoms. The number of hydrogen-bond acceptors (Lipinski definition) is 2. The van der Waals surface area contributed by atoms with Crippen molar-refractivity contribution in [3.8, 4) is 5.88 Å². The molecule has 2 aromatic heterocycles. The molecule has 1 atom stereocenters. The van der Waals surface area contributed by atoms with Crippen LogP contribution in [-0.4, -0.2) is 9.97 Å². The van der Waals surface area contributed by atoms with E-state index < -0.39 is 0 Å². The van der Waals surface area contributed by atoms with E-state index in [0.29, 0.717) is 5.88 Å². The van der Waals surface area contributed by atoms with E-state index in [1.165, 1.54) is 10.9 Å². The lowest BCUT2D eigenvalue weighted by molar-refractivity contribution is 0.220. The van der Waals surface area contributed by atoms with Gasteiger partial charge in [-0.2, -0.15) is 0 Å². The third kappa shape index (κ3) is 2.16. The fraction of sp³-hybridized carbons (Fsp3) is 0.235. The number of pyridine rings is 1. The molecule has 3 aromatic rings. The standard InChI is InChI=1S/C17H18N2O/c1-11-12(2)19-16-15(11)9-10-18-17(16)20-13(3)14-7-5-4-6-8-14/h4-10,13,19H,1-3H3. The summed E-state index contributed by atoms with van der Waals surface area (Å²) in [4.78, 5) is 7.74. The van der Waals surface area contributed by atoms with Gasteiger partial charge in [0.05, 0.1) is 0 Å². The summed E-state index contributed by atoms with van der Waals surface area (Å²) in [5.74, 6) is 0.662. The number of ether oxygens (including phenoxy) is 1. The molecule has 1 unspecified atom stereocenters. The smallest absolute Gasteiger partial charge is 0.238 e. The van der Waals surface area contributed by atoms with Crippen molar-refractivity contribution in [1.82, 2.24) is 9.97 Å². The van der Waals surface area contributed by atoms with E-state index in [0.717, 1.165) is 16.8 Å². The van der Waals surface area contributed by atoms with Gasteiger partial charge in [-0.15, -0.1) is 0 Å². The maximum Gasteiger partial charge on any atom is 0.238 e. The van der Waals surface area contributed by atoms with Crippen molar-refractivity contribution in [1.29, 1.82) is 0 Å². The molecule has 0 saturated heterocycles. The SMILES string of the molecule is Cc1[nH]c2c(OC(C)c3ccccc3)nccc2c1C. The highest BCUT2D eigenvalue weighted by Gasteiger charge is 2.13. The second-order valence-electron chi connectivity index (χ2n) is 5.08. The molecule has 3 heteroatoms. The molecular formula is C17H18N2O. The lowest BCUT2D eigenvalue weighted by atomic mass is 10.1. The molecular weight excluding hydrogens is 248 g/mol. The van der Waals surface area contributed by atoms with Crippen LogP contribution in [0, 0.1) is 13.8 Å². The van der Waals surface area contributed by atoms with E-state index in [4.69, 9.17) is 4.74 Å². The first-order valence-electron chi connectivity index (χ1n) is 6.82. The largest absolute Gasteiger partial charge is 0.468 e. The lowest BCUT2D eigenvalue weighted by Gasteiger charge is -2.14. The predicted molar refractivity (Wildman–Crippen MR) is 81.1 cm³/mol. The molecule has 1 N–H and O–H groups in total. The molecule has 0 aliphatic heterocycles. The maximum atomic E-state index is 6.04. The molecule has 1 aromatic carbocycles. The number of fused-ring (bicyclic) bond motifs is 1. The van der Waals surface area contributed by atoms with Gasteiger partial charge in [-0.1, -0.05) is 30.3 Å². The number of benzene rings is 1. The zero-order chi connectivity index (χ0) is 14.1. The van der Waals surface area contributed by atoms with Crippen molar-refractivity contribution in [2.75, 3.05) is 0 Å². The van der Waals surface area contributed by atoms with Crippen molar-refractivity contribution in [2.24, 2.45) is 0 Å². The summed E-state index contributed by atoms with van der Waals surface area (Å²) in [7, 11) is 0. The molecule has 0 radical (unpaired) electrons. The molecule has 20 heavy (non-hydrogen) atoms. The van der Waals surface area contributed by atoms with Crippen LogP contribution >= 0.6 is 0 Å². The third-order valence-corrected chi connectivity index (χ3v) is 3.75. The van der Waals surface area contributed by atoms with Crippen molar-refractivity contribution >= 4 is 10.9 Å². The number of nitrogens with zero attached hydrogens (tertiary/aromatic N) is 1. The van der Waals surface area contributed by atoms with Crippen LogP contribution in [0.3, 0.4) is 0 Å². The van der Waals surface area contributed by atoms with Gasteiger partial charge in [0.1, 0.15) is 11.6 Å². The lowest BCUT2D eigenvalue weighted by Crippen LogP contribution is -2.04. The quantitative estimate of drug-likeness (QED) is 0.766. The molecule has 0 fully saturated rings. The summed E-state index contributed by atoms with van der Waals surface area (Å²) in [6.45, 7) is 6.22. The summed E-state index contributed by atoms with van der Waals surface area (Å²) in [6, 6.07) is 12.2. The van der Waals surface area contributed by atoms with Gasteiger partial charge in [0.15, 0.2) is 0 Å². The first kappa shape index (κ1) is 12.7. The minimum absolute atomic E-state index is 0.0294. The Labute approximate surface area is 118 Å². The Morgan fingerprint density at radius 2 is 1.85 bits per heavy atom. The summed E-state index contributed by atoms with van der Waals surface area (Å²) in [6.07, 6.45) is 1.77. The first-order valence-corrected chi connectivity index (χ1v) is 6.82. The van der Waals surface area contributed by atoms with Crippen molar-refractivity contribution in [3.05, 3.63) is 59.4 Å². The number of nitrogens with one attached hydrogen (secondary N) is 1. The molecule has 102 valence electrons. The topological polar surface area (TPSA) is 37.9 Å². The number of aromatic amines is 1. The van der Waals surface area contributed by atoms with Crippen LogP contribution < -0.4 is 4.74 Å². The van der Waals surface area contributed by atoms with E-state index in [2.05, 4.69) is 35.9 Å². The van der Waals surface area contributed by atoms with Crippen LogP contribution in [0.5, 0.6) is 5.88 Å². The molecule has 0 saturated carbocycles. The summed E-state index contributed by atoms with van der Waals surface area (Å²) in [5.41, 5.74) is 4.53. The van der Waals surface area contributed by atoms with Gasteiger partial charge >= 0.3 is 0 Å². The Hall–Kier alpha value is -2.29. The second kappa shape index (κ2) is 5.00. The van der Waals surface area contributed by atoms with E-state index >= 15 is 0 Å². The fourth-order valence-electron chi connectivity index (χ4n) is 2.41. The van der Waals surface area contributed by atoms with Gasteiger partial charge in [-0.3, -0.25) is 0 Å². The van der Waals surface area contributed by atoms with Crippen LogP contribution in [-0.2, 0) is 0 Å². The van der Waals surface area contributed by atoms with Gasteiger partial charge in [0.2, 0.25) is 5.88 Å². The van der Waals surface area contributed by atoms with Crippen LogP contribution in [0.4, 0.5) is 0 Å². The van der Waals surface area contributed by atoms with E-state index in [-0.39, 0.29) is 6.10 Å². The molecule has 3 rings (SSSR count). The van der Waals surface area contributed by atoms with E-state index in [1.807, 2.05) is 31.2 Å². The number of hydrogen-bond donors (Lipinski definition) is 1. The molecule has 0 aliphatic carbocycles. The van der Waals surface area contributed by atoms with Crippen LogP contribution in [0.1, 0.15) is 29.8 Å². The second-order valence-corrected chi connectivity index (χ2v) is 5.08. The molecule has 0 spiro atoms. The zero-order valence-corrected chi connectivity index (χ0v) is 12.0. The van der Waals surface area contributed by atoms with Gasteiger partial charge in [0.25, 0.3) is 0 Å². The van der Waals surface area contributed by atoms with Gasteiger partial charge in [-0.05, 0) is 38.0 Å². The molecule has 0 amide bonds. The Balaban J connectivity index is 1.97. The predicted octanol–water partition coefficient (Wildman–Crippen LogP) is 4.32. The minimum Gasteiger partial charge on any atom is -0.468 e. The van der Waals surface area contributed by atoms with Gasteiger partial charge < -0.3 is 9.72 Å². The van der Waals surface area contributed by atoms with Crippen LogP contribution in [0.15, 0.2) is 42.6 Å². The van der Waals surface area contributed by atoms with Gasteiger partial charge in [0, 0.05) is 17.3 Å². The fourth-order valence-corrected chi connectivity index (χ4v) is 2.41. The minimum atomic E-state index is -0.0294. The number of rotatable bonds is 3. The van der Waals surface area contributed by atoms with E-state index in [9.17, 15) is 0 Å². The zero-order valence-electron chi connectivity index (χ0n) is 12.0. The summed E-state index contributed by atoms with van der Waals surface area (Å²) < 4.78 is 6.04. The third-order valence-electron chi connectivity index (χ3n) is 3.75. The molecule has 3 nitrogen and oxygen atoms in total. The highest BCUT2D eigenvalue weighted by Crippen LogP contribution is 2.29. The number of H-pyrrole nitrogens is 1. The normalized spacial score (nSPS) is 12.6. The van der Waals surface area contributed by atoms with Crippen molar-refractivity contribution < 1.29 is 4.74 Å². The van der Waals surface area contributed by atoms with Crippen LogP contribution in [0.2, 0.25) is 0 Å². The average molecular weight is 266 g/mol. The van der Waals surface area contributed by atoms with Crippen molar-refractivity contribution in [2.45, 2.75) is 26.9 Å². The van der Waals surface area contributed by atoms with Gasteiger partial charge in [-0.25, -0.2) is 4.98 Å². The monoisotopic (exact) mass is 266 g/mol. The average Bonchev–Trinajstić information content (AvgIpc) is 2.77. The first-order chi connectivity index (χ1) is 9.66. The van der Waals surface area contributed by atoms with Crippen molar-refractivity contribution in [3.63, 3.8) is 0 Å². The molecule has 2 heterocycles. The highest BCUT2D eigenvalue weighted by atomic mass is 16.5. The highest BCUT2D eigenvalue weighted by molar-refractivity contribution is 5.87.